The van der Waals surface area contributed by atoms with Crippen molar-refractivity contribution in [3.8, 4) is 0 Å². The Labute approximate surface area is 106 Å². The van der Waals surface area contributed by atoms with E-state index in [1.807, 2.05) is 13.8 Å². The maximum atomic E-state index is 11.8. The third-order valence-electron chi connectivity index (χ3n) is 2.70. The molecule has 0 saturated heterocycles. The van der Waals surface area contributed by atoms with Crippen LogP contribution in [0, 0.1) is 12.8 Å². The molecule has 1 atom stereocenters. The van der Waals surface area contributed by atoms with Crippen LogP contribution in [-0.2, 0) is 10.0 Å². The lowest BCUT2D eigenvalue weighted by molar-refractivity contribution is 0.0939. The van der Waals surface area contributed by atoms with Gasteiger partial charge in [0, 0.05) is 6.54 Å². The number of hydrogen-bond acceptors (Lipinski definition) is 4. The Kier molecular flexibility index (Phi) is 4.47. The molecule has 1 rings (SSSR count). The predicted octanol–water partition coefficient (Wildman–Crippen LogP) is 0.141. The molecule has 0 saturated carbocycles. The predicted molar refractivity (Wildman–Crippen MR) is 66.5 cm³/mol. The van der Waals surface area contributed by atoms with Crippen molar-refractivity contribution in [1.29, 1.82) is 0 Å². The molecule has 7 nitrogen and oxygen atoms in total. The Morgan fingerprint density at radius 2 is 2.17 bits per heavy atom. The molecular weight excluding hydrogens is 256 g/mol. The number of amides is 1. The van der Waals surface area contributed by atoms with Crippen LogP contribution in [0.15, 0.2) is 4.90 Å². The van der Waals surface area contributed by atoms with Crippen molar-refractivity contribution in [1.82, 2.24) is 15.5 Å². The second kappa shape index (κ2) is 5.49. The molecule has 0 fully saturated rings. The van der Waals surface area contributed by atoms with Crippen molar-refractivity contribution in [3.05, 3.63) is 11.4 Å². The molecule has 102 valence electrons. The number of aromatic nitrogens is 2. The fourth-order valence-corrected chi connectivity index (χ4v) is 2.30. The fourth-order valence-electron chi connectivity index (χ4n) is 1.42. The largest absolute Gasteiger partial charge is 0.350 e. The third kappa shape index (κ3) is 3.30. The zero-order chi connectivity index (χ0) is 13.9. The number of primary sulfonamides is 1. The van der Waals surface area contributed by atoms with E-state index >= 15 is 0 Å². The lowest BCUT2D eigenvalue weighted by atomic mass is 10.1. The fraction of sp³-hybridized carbons (Fsp3) is 0.600. The number of aryl methyl sites for hydroxylation is 1. The molecule has 0 spiro atoms. The first kappa shape index (κ1) is 14.7. The first-order valence-corrected chi connectivity index (χ1v) is 7.18. The van der Waals surface area contributed by atoms with Gasteiger partial charge in [-0.3, -0.25) is 9.89 Å². The molecule has 1 unspecified atom stereocenters. The minimum absolute atomic E-state index is 0.182. The highest BCUT2D eigenvalue weighted by Crippen LogP contribution is 2.15. The van der Waals surface area contributed by atoms with E-state index in [9.17, 15) is 13.2 Å². The summed E-state index contributed by atoms with van der Waals surface area (Å²) in [6, 6.07) is 0. The highest BCUT2D eigenvalue weighted by Gasteiger charge is 2.25. The Morgan fingerprint density at radius 3 is 2.67 bits per heavy atom. The van der Waals surface area contributed by atoms with E-state index in [4.69, 9.17) is 5.14 Å². The van der Waals surface area contributed by atoms with E-state index in [-0.39, 0.29) is 16.3 Å². The van der Waals surface area contributed by atoms with Gasteiger partial charge in [0.05, 0.1) is 5.69 Å². The van der Waals surface area contributed by atoms with Gasteiger partial charge < -0.3 is 5.32 Å². The molecule has 0 aromatic carbocycles. The van der Waals surface area contributed by atoms with Gasteiger partial charge >= 0.3 is 0 Å². The van der Waals surface area contributed by atoms with Crippen LogP contribution in [0.3, 0.4) is 0 Å². The van der Waals surface area contributed by atoms with Crippen LogP contribution in [-0.4, -0.2) is 31.1 Å². The average Bonchev–Trinajstić information content (AvgIpc) is 2.67. The van der Waals surface area contributed by atoms with Crippen molar-refractivity contribution < 1.29 is 13.2 Å². The van der Waals surface area contributed by atoms with Crippen molar-refractivity contribution in [2.45, 2.75) is 32.1 Å². The molecule has 4 N–H and O–H groups in total. The van der Waals surface area contributed by atoms with E-state index in [0.717, 1.165) is 6.42 Å². The first-order chi connectivity index (χ1) is 8.27. The number of nitrogens with two attached hydrogens (primary N) is 1. The zero-order valence-electron chi connectivity index (χ0n) is 10.6. The van der Waals surface area contributed by atoms with E-state index < -0.39 is 15.9 Å². The maximum absolute atomic E-state index is 11.8. The average molecular weight is 274 g/mol. The summed E-state index contributed by atoms with van der Waals surface area (Å²) in [5.74, 6) is -0.226. The van der Waals surface area contributed by atoms with Crippen molar-refractivity contribution in [2.24, 2.45) is 11.1 Å². The lowest BCUT2D eigenvalue weighted by Gasteiger charge is -2.09. The first-order valence-electron chi connectivity index (χ1n) is 5.63. The summed E-state index contributed by atoms with van der Waals surface area (Å²) in [5, 5.41) is 13.8. The van der Waals surface area contributed by atoms with Gasteiger partial charge in [0.15, 0.2) is 5.69 Å². The summed E-state index contributed by atoms with van der Waals surface area (Å²) in [4.78, 5) is 11.6. The van der Waals surface area contributed by atoms with Crippen LogP contribution < -0.4 is 10.5 Å². The van der Waals surface area contributed by atoms with Crippen LogP contribution in [0.5, 0.6) is 0 Å². The van der Waals surface area contributed by atoms with Gasteiger partial charge in [-0.1, -0.05) is 20.3 Å². The molecule has 0 radical (unpaired) electrons. The van der Waals surface area contributed by atoms with Crippen molar-refractivity contribution in [3.63, 3.8) is 0 Å². The van der Waals surface area contributed by atoms with Crippen LogP contribution in [0.2, 0.25) is 0 Å². The monoisotopic (exact) mass is 274 g/mol. The number of rotatable bonds is 5. The normalized spacial score (nSPS) is 13.3. The number of hydrogen-bond donors (Lipinski definition) is 3. The van der Waals surface area contributed by atoms with Gasteiger partial charge in [0.2, 0.25) is 10.0 Å². The second-order valence-electron chi connectivity index (χ2n) is 4.29. The highest BCUT2D eigenvalue weighted by atomic mass is 32.2. The highest BCUT2D eigenvalue weighted by molar-refractivity contribution is 7.89. The van der Waals surface area contributed by atoms with E-state index in [2.05, 4.69) is 15.5 Å². The van der Waals surface area contributed by atoms with Gasteiger partial charge in [-0.15, -0.1) is 0 Å². The lowest BCUT2D eigenvalue weighted by Crippen LogP contribution is -2.30. The van der Waals surface area contributed by atoms with Gasteiger partial charge in [0.1, 0.15) is 4.90 Å². The number of carbonyl (C=O) groups is 1. The number of carbonyl (C=O) groups excluding carboxylic acids is 1. The molecule has 0 aliphatic rings. The van der Waals surface area contributed by atoms with E-state index in [1.165, 1.54) is 6.92 Å². The summed E-state index contributed by atoms with van der Waals surface area (Å²) in [5.41, 5.74) is 0.0736. The SMILES string of the molecule is CCC(C)CNC(=O)c1n[nH]c(C)c1S(N)(=O)=O. The number of aromatic amines is 1. The van der Waals surface area contributed by atoms with E-state index in [0.29, 0.717) is 12.5 Å². The molecule has 1 heterocycles. The molecule has 1 amide bonds. The molecule has 1 aromatic rings. The van der Waals surface area contributed by atoms with Crippen LogP contribution in [0.25, 0.3) is 0 Å². The smallest absolute Gasteiger partial charge is 0.273 e. The van der Waals surface area contributed by atoms with Crippen LogP contribution in [0.4, 0.5) is 0 Å². The minimum atomic E-state index is -3.96. The Bertz CT molecular complexity index is 535. The minimum Gasteiger partial charge on any atom is -0.350 e. The summed E-state index contributed by atoms with van der Waals surface area (Å²) in [6.07, 6.45) is 0.919. The number of nitrogens with one attached hydrogen (secondary N) is 2. The second-order valence-corrected chi connectivity index (χ2v) is 5.79. The van der Waals surface area contributed by atoms with Crippen molar-refractivity contribution >= 4 is 15.9 Å². The van der Waals surface area contributed by atoms with Gasteiger partial charge in [0.25, 0.3) is 5.91 Å². The molecule has 8 heteroatoms. The molecular formula is C10H18N4O3S. The Balaban J connectivity index is 2.94. The molecule has 0 aliphatic carbocycles. The molecule has 0 aliphatic heterocycles. The molecule has 0 bridgehead atoms. The van der Waals surface area contributed by atoms with Gasteiger partial charge in [-0.25, -0.2) is 13.6 Å². The maximum Gasteiger partial charge on any atom is 0.273 e. The standard InChI is InChI=1S/C10H18N4O3S/c1-4-6(2)5-12-10(15)8-9(18(11,16)17)7(3)13-14-8/h6H,4-5H2,1-3H3,(H,12,15)(H,13,14)(H2,11,16,17). The zero-order valence-corrected chi connectivity index (χ0v) is 11.5. The summed E-state index contributed by atoms with van der Waals surface area (Å²) < 4.78 is 22.7. The number of sulfonamides is 1. The Morgan fingerprint density at radius 1 is 1.56 bits per heavy atom. The van der Waals surface area contributed by atoms with E-state index in [1.54, 1.807) is 0 Å². The van der Waals surface area contributed by atoms with Crippen LogP contribution in [0.1, 0.15) is 36.5 Å². The quantitative estimate of drug-likeness (QED) is 0.707. The summed E-state index contributed by atoms with van der Waals surface area (Å²) >= 11 is 0. The van der Waals surface area contributed by atoms with Crippen molar-refractivity contribution in [2.75, 3.05) is 6.54 Å². The third-order valence-corrected chi connectivity index (χ3v) is 3.77. The van der Waals surface area contributed by atoms with Crippen LogP contribution >= 0.6 is 0 Å². The topological polar surface area (TPSA) is 118 Å². The molecule has 1 aromatic heterocycles. The van der Waals surface area contributed by atoms with Gasteiger partial charge in [-0.05, 0) is 12.8 Å². The van der Waals surface area contributed by atoms with Gasteiger partial charge in [-0.2, -0.15) is 5.10 Å². The molecule has 18 heavy (non-hydrogen) atoms. The Hall–Kier alpha value is -1.41. The summed E-state index contributed by atoms with van der Waals surface area (Å²) in [6.45, 7) is 5.95. The number of H-pyrrole nitrogens is 1. The number of nitrogens with zero attached hydrogens (tertiary/aromatic N) is 1. The summed E-state index contributed by atoms with van der Waals surface area (Å²) in [7, 11) is -3.96.